The van der Waals surface area contributed by atoms with E-state index in [1.54, 1.807) is 0 Å². The summed E-state index contributed by atoms with van der Waals surface area (Å²) in [5.41, 5.74) is 4.13. The molecule has 1 fully saturated rings. The van der Waals surface area contributed by atoms with Crippen molar-refractivity contribution < 1.29 is 4.79 Å². The van der Waals surface area contributed by atoms with E-state index >= 15 is 0 Å². The Bertz CT molecular complexity index is 958. The molecule has 0 amide bonds. The second kappa shape index (κ2) is 7.31. The van der Waals surface area contributed by atoms with Crippen molar-refractivity contribution in [2.45, 2.75) is 50.9 Å². The van der Waals surface area contributed by atoms with E-state index in [0.29, 0.717) is 11.8 Å². The van der Waals surface area contributed by atoms with Gasteiger partial charge in [-0.2, -0.15) is 0 Å². The summed E-state index contributed by atoms with van der Waals surface area (Å²) in [6.07, 6.45) is 2.23. The fourth-order valence-electron chi connectivity index (χ4n) is 3.57. The molecule has 0 radical (unpaired) electrons. The summed E-state index contributed by atoms with van der Waals surface area (Å²) in [5, 5.41) is 12.6. The molecule has 1 aliphatic rings. The molecule has 2 heterocycles. The molecule has 3 aromatic rings. The zero-order valence-electron chi connectivity index (χ0n) is 15.8. The van der Waals surface area contributed by atoms with Gasteiger partial charge in [-0.25, -0.2) is 4.68 Å². The highest BCUT2D eigenvalue weighted by Gasteiger charge is 2.28. The molecule has 7 heteroatoms. The Morgan fingerprint density at radius 1 is 1.26 bits per heavy atom. The summed E-state index contributed by atoms with van der Waals surface area (Å²) in [6.45, 7) is 6.25. The summed E-state index contributed by atoms with van der Waals surface area (Å²) in [7, 11) is 0. The number of hydrogen-bond donors (Lipinski definition) is 0. The van der Waals surface area contributed by atoms with E-state index in [1.165, 1.54) is 17.3 Å². The smallest absolute Gasteiger partial charge is 0.210 e. The van der Waals surface area contributed by atoms with Crippen LogP contribution in [-0.2, 0) is 0 Å². The highest BCUT2D eigenvalue weighted by Crippen LogP contribution is 2.36. The quantitative estimate of drug-likeness (QED) is 0.457. The van der Waals surface area contributed by atoms with Crippen LogP contribution in [0, 0.1) is 13.8 Å². The molecule has 1 saturated carbocycles. The number of nitrogens with zero attached hydrogens (tertiary/aromatic N) is 5. The van der Waals surface area contributed by atoms with E-state index in [4.69, 9.17) is 0 Å². The first-order chi connectivity index (χ1) is 13.1. The Labute approximate surface area is 163 Å². The van der Waals surface area contributed by atoms with E-state index in [2.05, 4.69) is 46.1 Å². The minimum atomic E-state index is 0.116. The molecular weight excluding hydrogens is 358 g/mol. The third kappa shape index (κ3) is 3.56. The van der Waals surface area contributed by atoms with Crippen LogP contribution in [0.4, 0.5) is 0 Å². The lowest BCUT2D eigenvalue weighted by molar-refractivity contribution is 0.102. The second-order valence-corrected chi connectivity index (χ2v) is 8.03. The van der Waals surface area contributed by atoms with Gasteiger partial charge < -0.3 is 4.57 Å². The Hall–Kier alpha value is -2.41. The van der Waals surface area contributed by atoms with Gasteiger partial charge in [0.05, 0.1) is 17.8 Å². The summed E-state index contributed by atoms with van der Waals surface area (Å²) >= 11 is 1.42. The van der Waals surface area contributed by atoms with Crippen molar-refractivity contribution in [2.24, 2.45) is 0 Å². The molecule has 140 valence electrons. The topological polar surface area (TPSA) is 65.6 Å². The molecule has 0 spiro atoms. The molecule has 27 heavy (non-hydrogen) atoms. The van der Waals surface area contributed by atoms with Gasteiger partial charge in [0.25, 0.3) is 0 Å². The summed E-state index contributed by atoms with van der Waals surface area (Å²) in [4.78, 5) is 12.9. The van der Waals surface area contributed by atoms with Gasteiger partial charge in [0, 0.05) is 17.0 Å². The van der Waals surface area contributed by atoms with Crippen molar-refractivity contribution in [1.82, 2.24) is 24.8 Å². The number of aromatic nitrogens is 5. The van der Waals surface area contributed by atoms with Crippen LogP contribution in [0.25, 0.3) is 0 Å². The molecule has 4 rings (SSSR count). The van der Waals surface area contributed by atoms with Crippen molar-refractivity contribution >= 4 is 17.5 Å². The van der Waals surface area contributed by atoms with E-state index in [9.17, 15) is 4.79 Å². The maximum atomic E-state index is 12.9. The zero-order valence-corrected chi connectivity index (χ0v) is 16.6. The molecule has 1 aromatic carbocycles. The van der Waals surface area contributed by atoms with Crippen LogP contribution in [0.2, 0.25) is 0 Å². The van der Waals surface area contributed by atoms with Gasteiger partial charge >= 0.3 is 0 Å². The number of aryl methyl sites for hydroxylation is 1. The number of benzene rings is 1. The predicted molar refractivity (Wildman–Crippen MR) is 105 cm³/mol. The minimum Gasteiger partial charge on any atom is -0.341 e. The number of thioether (sulfide) groups is 1. The van der Waals surface area contributed by atoms with Crippen molar-refractivity contribution in [3.8, 4) is 0 Å². The standard InChI is InChI=1S/C20H23N5OS/c1-13-11-18(15(3)24(13)14(2)16-7-5-4-6-8-16)19(26)12-27-20-21-22-23-25(20)17-9-10-17/h4-8,11,14,17H,9-10,12H2,1-3H3. The predicted octanol–water partition coefficient (Wildman–Crippen LogP) is 4.01. The normalized spacial score (nSPS) is 15.1. The van der Waals surface area contributed by atoms with Crippen LogP contribution in [0.3, 0.4) is 0 Å². The lowest BCUT2D eigenvalue weighted by Gasteiger charge is -2.19. The molecule has 0 aliphatic heterocycles. The van der Waals surface area contributed by atoms with Crippen LogP contribution in [0.15, 0.2) is 41.6 Å². The number of hydrogen-bond acceptors (Lipinski definition) is 5. The van der Waals surface area contributed by atoms with E-state index < -0.39 is 0 Å². The van der Waals surface area contributed by atoms with Crippen LogP contribution in [0.1, 0.15) is 59.2 Å². The summed E-state index contributed by atoms with van der Waals surface area (Å²) in [6, 6.07) is 13.0. The fraction of sp³-hybridized carbons (Fsp3) is 0.400. The lowest BCUT2D eigenvalue weighted by atomic mass is 10.1. The second-order valence-electron chi connectivity index (χ2n) is 7.09. The lowest BCUT2D eigenvalue weighted by Crippen LogP contribution is -2.12. The minimum absolute atomic E-state index is 0.116. The van der Waals surface area contributed by atoms with Gasteiger partial charge in [0.1, 0.15) is 0 Å². The van der Waals surface area contributed by atoms with Crippen LogP contribution in [0.5, 0.6) is 0 Å². The zero-order chi connectivity index (χ0) is 19.0. The largest absolute Gasteiger partial charge is 0.341 e. The number of carbonyl (C=O) groups excluding carboxylic acids is 1. The Balaban J connectivity index is 1.52. The van der Waals surface area contributed by atoms with Gasteiger partial charge in [-0.05, 0) is 55.7 Å². The van der Waals surface area contributed by atoms with E-state index in [-0.39, 0.29) is 11.8 Å². The molecule has 0 saturated heterocycles. The fourth-order valence-corrected chi connectivity index (χ4v) is 4.40. The van der Waals surface area contributed by atoms with Gasteiger partial charge in [-0.15, -0.1) is 5.10 Å². The third-order valence-corrected chi connectivity index (χ3v) is 6.08. The first kappa shape index (κ1) is 18.0. The highest BCUT2D eigenvalue weighted by atomic mass is 32.2. The van der Waals surface area contributed by atoms with E-state index in [1.807, 2.05) is 35.9 Å². The summed E-state index contributed by atoms with van der Waals surface area (Å²) < 4.78 is 4.08. The van der Waals surface area contributed by atoms with Gasteiger partial charge in [0.2, 0.25) is 5.16 Å². The molecular formula is C20H23N5OS. The van der Waals surface area contributed by atoms with Crippen LogP contribution < -0.4 is 0 Å². The Kier molecular flexibility index (Phi) is 4.86. The number of rotatable bonds is 7. The molecule has 1 aliphatic carbocycles. The summed E-state index contributed by atoms with van der Waals surface area (Å²) in [5.74, 6) is 0.460. The number of carbonyl (C=O) groups is 1. The SMILES string of the molecule is Cc1cc(C(=O)CSc2nnnn2C2CC2)c(C)n1C(C)c1ccccc1. The number of tetrazole rings is 1. The Morgan fingerprint density at radius 2 is 2.00 bits per heavy atom. The number of ketones is 1. The first-order valence-corrected chi connectivity index (χ1v) is 10.2. The first-order valence-electron chi connectivity index (χ1n) is 9.23. The van der Waals surface area contributed by atoms with Crippen LogP contribution in [-0.4, -0.2) is 36.3 Å². The van der Waals surface area contributed by atoms with Crippen molar-refractivity contribution in [3.63, 3.8) is 0 Å². The van der Waals surface area contributed by atoms with Crippen LogP contribution >= 0.6 is 11.8 Å². The van der Waals surface area contributed by atoms with Gasteiger partial charge in [-0.3, -0.25) is 4.79 Å². The molecule has 2 aromatic heterocycles. The molecule has 6 nitrogen and oxygen atoms in total. The maximum Gasteiger partial charge on any atom is 0.210 e. The molecule has 0 N–H and O–H groups in total. The average molecular weight is 382 g/mol. The molecule has 0 bridgehead atoms. The molecule has 1 atom stereocenters. The average Bonchev–Trinajstić information content (AvgIpc) is 3.34. The van der Waals surface area contributed by atoms with Crippen molar-refractivity contribution in [3.05, 3.63) is 58.9 Å². The monoisotopic (exact) mass is 381 g/mol. The maximum absolute atomic E-state index is 12.9. The van der Waals surface area contributed by atoms with Crippen molar-refractivity contribution in [2.75, 3.05) is 5.75 Å². The van der Waals surface area contributed by atoms with E-state index in [0.717, 1.165) is 34.9 Å². The highest BCUT2D eigenvalue weighted by molar-refractivity contribution is 7.99. The third-order valence-electron chi connectivity index (χ3n) is 5.14. The van der Waals surface area contributed by atoms with Gasteiger partial charge in [0.15, 0.2) is 5.78 Å². The Morgan fingerprint density at radius 3 is 2.70 bits per heavy atom. The van der Waals surface area contributed by atoms with Crippen molar-refractivity contribution in [1.29, 1.82) is 0 Å². The van der Waals surface area contributed by atoms with Gasteiger partial charge in [-0.1, -0.05) is 42.1 Å². The number of Topliss-reactive ketones (excluding diaryl/α,β-unsaturated/α-hetero) is 1. The molecule has 1 unspecified atom stereocenters.